The first-order valence-corrected chi connectivity index (χ1v) is 31.5. The first-order chi connectivity index (χ1) is 42.5. The Hall–Kier alpha value is -8.44. The fourth-order valence-electron chi connectivity index (χ4n) is 10.6. The maximum absolute atomic E-state index is 4.54. The Morgan fingerprint density at radius 3 is 0.733 bits per heavy atom. The van der Waals surface area contributed by atoms with Gasteiger partial charge in [0.15, 0.2) is 0 Å². The molecule has 0 aliphatic carbocycles. The van der Waals surface area contributed by atoms with Gasteiger partial charge in [0.05, 0.1) is 0 Å². The van der Waals surface area contributed by atoms with E-state index in [1.54, 1.807) is 6.20 Å². The van der Waals surface area contributed by atoms with E-state index in [2.05, 4.69) is 290 Å². The van der Waals surface area contributed by atoms with E-state index in [4.69, 9.17) is 0 Å². The van der Waals surface area contributed by atoms with Gasteiger partial charge in [-0.15, -0.1) is 101 Å². The van der Waals surface area contributed by atoms with Crippen LogP contribution in [0.2, 0.25) is 0 Å². The first kappa shape index (κ1) is 66.0. The normalized spacial score (nSPS) is 11.5. The molecule has 3 heterocycles. The molecule has 90 heavy (non-hydrogen) atoms. The molecule has 0 aliphatic rings. The second-order valence-corrected chi connectivity index (χ2v) is 27.9. The van der Waals surface area contributed by atoms with Crippen LogP contribution in [-0.2, 0) is 41.8 Å². The van der Waals surface area contributed by atoms with Crippen LogP contribution in [0.25, 0.3) is 101 Å². The van der Waals surface area contributed by atoms with Crippen molar-refractivity contribution in [3.63, 3.8) is 0 Å². The molecule has 450 valence electrons. The zero-order valence-corrected chi connectivity index (χ0v) is 57.9. The average Bonchev–Trinajstić information content (AvgIpc) is 1.39. The van der Waals surface area contributed by atoms with Crippen LogP contribution in [0.15, 0.2) is 266 Å². The van der Waals surface area contributed by atoms with E-state index in [0.717, 1.165) is 49.4 Å². The van der Waals surface area contributed by atoms with Gasteiger partial charge >= 0.3 is 20.1 Å². The molecular weight excluding hydrogens is 1340 g/mol. The Bertz CT molecular complexity index is 3890. The van der Waals surface area contributed by atoms with Crippen molar-refractivity contribution < 1.29 is 20.1 Å². The summed E-state index contributed by atoms with van der Waals surface area (Å²) in [5.41, 5.74) is 26.1. The third kappa shape index (κ3) is 17.1. The van der Waals surface area contributed by atoms with Crippen molar-refractivity contribution in [1.29, 1.82) is 0 Å². The van der Waals surface area contributed by atoms with Crippen molar-refractivity contribution in [2.45, 2.75) is 105 Å². The van der Waals surface area contributed by atoms with Gasteiger partial charge in [0.1, 0.15) is 0 Å². The van der Waals surface area contributed by atoms with Crippen molar-refractivity contribution in [3.05, 3.63) is 306 Å². The number of aromatic nitrogens is 3. The SMILES string of the molecule is Brc1cc[c-]c(-c2ccccn2)c1.CC(C)(C)c1ccc(-c2cc(-c3ccc(C(C)(C)C)cc3)cc(-c3cc[c-]c(-c4ccccn4)c3)c2)cc1.CC(C)(C)c1ccc(-c2cc(-c3ccc(C(C)(C)C)cc3)cc(-c3cc[c-]c(-c4ccccn4)c3)c2)cc1.[Ir+3]. The van der Waals surface area contributed by atoms with Gasteiger partial charge in [-0.3, -0.25) is 0 Å². The maximum atomic E-state index is 4.54. The zero-order chi connectivity index (χ0) is 62.9. The summed E-state index contributed by atoms with van der Waals surface area (Å²) in [4.78, 5) is 13.3. The predicted octanol–water partition coefficient (Wildman–Crippen LogP) is 23.6. The Labute approximate surface area is 558 Å². The smallest absolute Gasteiger partial charge is 0.305 e. The van der Waals surface area contributed by atoms with Crippen LogP contribution < -0.4 is 0 Å². The fourth-order valence-corrected chi connectivity index (χ4v) is 11.0. The van der Waals surface area contributed by atoms with Crippen molar-refractivity contribution in [1.82, 2.24) is 15.0 Å². The van der Waals surface area contributed by atoms with Crippen molar-refractivity contribution in [2.24, 2.45) is 0 Å². The first-order valence-electron chi connectivity index (χ1n) is 30.7. The topological polar surface area (TPSA) is 38.7 Å². The number of hydrogen-bond acceptors (Lipinski definition) is 3. The summed E-state index contributed by atoms with van der Waals surface area (Å²) >= 11 is 3.41. The molecule has 0 saturated carbocycles. The minimum atomic E-state index is 0. The molecule has 3 aromatic heterocycles. The van der Waals surface area contributed by atoms with E-state index in [1.165, 1.54) is 77.9 Å². The van der Waals surface area contributed by atoms with Gasteiger partial charge < -0.3 is 15.0 Å². The molecule has 0 amide bonds. The quantitative estimate of drug-likeness (QED) is 0.135. The van der Waals surface area contributed by atoms with Gasteiger partial charge in [-0.25, -0.2) is 0 Å². The third-order valence-electron chi connectivity index (χ3n) is 16.1. The standard InChI is InChI=1S/2C37H36N.C11H7BrN.Ir/c2*1-36(2,3)33-17-13-26(14-18-33)30-23-31(27-15-19-34(20-16-27)37(4,5)6)25-32(24-30)28-10-9-11-29(22-28)35-12-7-8-21-38-35;12-10-5-3-4-9(8-10)11-6-1-2-7-13-11;/h2*7-10,12-25H,1-6H3;1-3,5-8H;/q3*-1;+3. The van der Waals surface area contributed by atoms with E-state index in [1.807, 2.05) is 97.3 Å². The molecule has 0 atom stereocenters. The molecule has 0 unspecified atom stereocenters. The summed E-state index contributed by atoms with van der Waals surface area (Å²) in [7, 11) is 0. The molecule has 0 radical (unpaired) electrons. The number of pyridine rings is 3. The minimum absolute atomic E-state index is 0. The summed E-state index contributed by atoms with van der Waals surface area (Å²) in [5, 5.41) is 0. The summed E-state index contributed by atoms with van der Waals surface area (Å²) in [6, 6.07) is 96.2. The van der Waals surface area contributed by atoms with Crippen LogP contribution >= 0.6 is 15.9 Å². The van der Waals surface area contributed by atoms with Crippen LogP contribution in [0.5, 0.6) is 0 Å². The Morgan fingerprint density at radius 2 is 0.500 bits per heavy atom. The van der Waals surface area contributed by atoms with Crippen LogP contribution in [0.1, 0.15) is 105 Å². The van der Waals surface area contributed by atoms with Crippen molar-refractivity contribution in [3.8, 4) is 101 Å². The van der Waals surface area contributed by atoms with Gasteiger partial charge in [-0.1, -0.05) is 237 Å². The van der Waals surface area contributed by atoms with Crippen LogP contribution in [-0.4, -0.2) is 15.0 Å². The van der Waals surface area contributed by atoms with Crippen molar-refractivity contribution >= 4 is 15.9 Å². The van der Waals surface area contributed by atoms with Gasteiger partial charge in [0, 0.05) is 18.6 Å². The molecule has 12 rings (SSSR count). The van der Waals surface area contributed by atoms with Gasteiger partial charge in [-0.05, 0) is 171 Å². The van der Waals surface area contributed by atoms with Gasteiger partial charge in [-0.2, -0.15) is 0 Å². The molecule has 3 nitrogen and oxygen atoms in total. The number of halogens is 1. The summed E-state index contributed by atoms with van der Waals surface area (Å²) < 4.78 is 1.05. The molecule has 0 saturated heterocycles. The second-order valence-electron chi connectivity index (χ2n) is 27.0. The monoisotopic (exact) mass is 1410 g/mol. The molecule has 0 spiro atoms. The number of rotatable bonds is 9. The summed E-state index contributed by atoms with van der Waals surface area (Å²) in [6.07, 6.45) is 5.44. The maximum Gasteiger partial charge on any atom is 3.00 e. The number of benzene rings is 9. The predicted molar refractivity (Wildman–Crippen MR) is 381 cm³/mol. The Morgan fingerprint density at radius 1 is 0.256 bits per heavy atom. The molecule has 5 heteroatoms. The van der Waals surface area contributed by atoms with Crippen molar-refractivity contribution in [2.75, 3.05) is 0 Å². The van der Waals surface area contributed by atoms with E-state index in [0.29, 0.717) is 0 Å². The molecule has 0 aliphatic heterocycles. The van der Waals surface area contributed by atoms with Crippen LogP contribution in [0.3, 0.4) is 0 Å². The molecule has 0 fully saturated rings. The van der Waals surface area contributed by atoms with Gasteiger partial charge in [0.25, 0.3) is 0 Å². The summed E-state index contributed by atoms with van der Waals surface area (Å²) in [5.74, 6) is 0. The van der Waals surface area contributed by atoms with Crippen LogP contribution in [0, 0.1) is 18.2 Å². The molecule has 9 aromatic carbocycles. The minimum Gasteiger partial charge on any atom is -0.305 e. The van der Waals surface area contributed by atoms with Gasteiger partial charge in [0.2, 0.25) is 0 Å². The number of nitrogens with zero attached hydrogens (tertiary/aromatic N) is 3. The molecule has 0 bridgehead atoms. The molecule has 12 aromatic rings. The van der Waals surface area contributed by atoms with E-state index in [9.17, 15) is 0 Å². The molecular formula is C85H79BrIrN3. The number of hydrogen-bond donors (Lipinski definition) is 0. The molecule has 0 N–H and O–H groups in total. The Balaban J connectivity index is 0.000000176. The average molecular weight is 1410 g/mol. The largest absolute Gasteiger partial charge is 3.00 e. The zero-order valence-electron chi connectivity index (χ0n) is 53.9. The van der Waals surface area contributed by atoms with E-state index in [-0.39, 0.29) is 41.8 Å². The van der Waals surface area contributed by atoms with E-state index < -0.39 is 0 Å². The van der Waals surface area contributed by atoms with E-state index >= 15 is 0 Å². The second kappa shape index (κ2) is 28.6. The third-order valence-corrected chi connectivity index (χ3v) is 16.6. The Kier molecular flexibility index (Phi) is 21.0. The van der Waals surface area contributed by atoms with Crippen LogP contribution in [0.4, 0.5) is 0 Å². The fraction of sp³-hybridized carbons (Fsp3) is 0.188. The summed E-state index contributed by atoms with van der Waals surface area (Å²) in [6.45, 7) is 27.1.